The van der Waals surface area contributed by atoms with Gasteiger partial charge in [0.2, 0.25) is 5.91 Å². The fourth-order valence-electron chi connectivity index (χ4n) is 5.47. The Kier molecular flexibility index (Phi) is 2.87. The Morgan fingerprint density at radius 1 is 0.947 bits per heavy atom. The van der Waals surface area contributed by atoms with Gasteiger partial charge in [-0.15, -0.1) is 0 Å². The molecule has 0 saturated heterocycles. The molecule has 2 bridgehead atoms. The molecule has 106 valence electrons. The van der Waals surface area contributed by atoms with Crippen molar-refractivity contribution in [2.24, 2.45) is 35.3 Å². The fraction of sp³-hybridized carbons (Fsp3) is 0.938. The van der Waals surface area contributed by atoms with Crippen molar-refractivity contribution in [1.29, 1.82) is 0 Å². The highest BCUT2D eigenvalue weighted by Gasteiger charge is 2.67. The van der Waals surface area contributed by atoms with Gasteiger partial charge in [0.1, 0.15) is 0 Å². The van der Waals surface area contributed by atoms with Gasteiger partial charge in [-0.3, -0.25) is 4.79 Å². The van der Waals surface area contributed by atoms with Crippen molar-refractivity contribution in [3.63, 3.8) is 0 Å². The number of hydrogen-bond acceptors (Lipinski definition) is 2. The van der Waals surface area contributed by atoms with E-state index in [1.807, 2.05) is 0 Å². The Balaban J connectivity index is 1.37. The molecule has 4 aliphatic rings. The zero-order valence-electron chi connectivity index (χ0n) is 11.7. The maximum absolute atomic E-state index is 12.5. The predicted octanol–water partition coefficient (Wildman–Crippen LogP) is 2.05. The first-order valence-corrected chi connectivity index (χ1v) is 8.31. The number of carbonyl (C=O) groups is 1. The lowest BCUT2D eigenvalue weighted by atomic mass is 10.00. The van der Waals surface area contributed by atoms with Gasteiger partial charge in [0.15, 0.2) is 0 Å². The molecular weight excluding hydrogens is 236 g/mol. The highest BCUT2D eigenvalue weighted by molar-refractivity contribution is 5.83. The summed E-state index contributed by atoms with van der Waals surface area (Å²) in [6, 6.07) is 0.427. The van der Waals surface area contributed by atoms with Gasteiger partial charge >= 0.3 is 0 Å². The lowest BCUT2D eigenvalue weighted by Gasteiger charge is -2.23. The summed E-state index contributed by atoms with van der Waals surface area (Å²) in [5.41, 5.74) is 6.22. The predicted molar refractivity (Wildman–Crippen MR) is 74.3 cm³/mol. The van der Waals surface area contributed by atoms with E-state index >= 15 is 0 Å². The average Bonchev–Trinajstić information content (AvgIpc) is 2.94. The van der Waals surface area contributed by atoms with Gasteiger partial charge in [0.05, 0.1) is 0 Å². The van der Waals surface area contributed by atoms with Crippen LogP contribution in [0.2, 0.25) is 0 Å². The van der Waals surface area contributed by atoms with Crippen molar-refractivity contribution in [3.8, 4) is 0 Å². The van der Waals surface area contributed by atoms with E-state index in [2.05, 4.69) is 5.32 Å². The second-order valence-corrected chi connectivity index (χ2v) is 7.43. The van der Waals surface area contributed by atoms with E-state index in [0.717, 1.165) is 36.5 Å². The summed E-state index contributed by atoms with van der Waals surface area (Å²) >= 11 is 0. The maximum Gasteiger partial charge on any atom is 0.223 e. The van der Waals surface area contributed by atoms with Crippen LogP contribution in [0.1, 0.15) is 51.4 Å². The van der Waals surface area contributed by atoms with Crippen molar-refractivity contribution < 1.29 is 4.79 Å². The van der Waals surface area contributed by atoms with Crippen LogP contribution < -0.4 is 11.1 Å². The molecule has 0 aliphatic heterocycles. The lowest BCUT2D eigenvalue weighted by Crippen LogP contribution is -2.47. The van der Waals surface area contributed by atoms with E-state index in [1.54, 1.807) is 0 Å². The quantitative estimate of drug-likeness (QED) is 0.748. The van der Waals surface area contributed by atoms with Crippen LogP contribution in [0.25, 0.3) is 0 Å². The monoisotopic (exact) mass is 262 g/mol. The number of carbonyl (C=O) groups excluding carboxylic acids is 1. The Hall–Kier alpha value is -0.570. The van der Waals surface area contributed by atoms with Crippen LogP contribution in [-0.2, 0) is 4.79 Å². The van der Waals surface area contributed by atoms with Crippen LogP contribution in [0.4, 0.5) is 0 Å². The fourth-order valence-corrected chi connectivity index (χ4v) is 5.47. The van der Waals surface area contributed by atoms with Gasteiger partial charge in [-0.05, 0) is 55.8 Å². The minimum atomic E-state index is 0.182. The number of nitrogens with two attached hydrogens (primary N) is 1. The molecule has 6 atom stereocenters. The first kappa shape index (κ1) is 12.2. The van der Waals surface area contributed by atoms with Crippen molar-refractivity contribution in [2.75, 3.05) is 0 Å². The van der Waals surface area contributed by atoms with Crippen molar-refractivity contribution in [3.05, 3.63) is 0 Å². The Labute approximate surface area is 115 Å². The van der Waals surface area contributed by atoms with Gasteiger partial charge in [-0.2, -0.15) is 0 Å². The van der Waals surface area contributed by atoms with E-state index in [4.69, 9.17) is 5.73 Å². The molecule has 0 aromatic rings. The lowest BCUT2D eigenvalue weighted by molar-refractivity contribution is -0.124. The number of nitrogens with one attached hydrogen (secondary N) is 1. The summed E-state index contributed by atoms with van der Waals surface area (Å²) in [6.45, 7) is 0. The number of hydrogen-bond donors (Lipinski definition) is 2. The Morgan fingerprint density at radius 3 is 2.37 bits per heavy atom. The van der Waals surface area contributed by atoms with E-state index in [1.165, 1.54) is 38.5 Å². The van der Waals surface area contributed by atoms with Crippen molar-refractivity contribution in [1.82, 2.24) is 5.32 Å². The standard InChI is InChI=1S/C16H26N2O/c17-11-4-2-1-3-5-12(11)18-16(19)15-13-9-6-7-10(8-9)14(13)15/h9-15H,1-8,17H2,(H,18,19). The van der Waals surface area contributed by atoms with Crippen LogP contribution in [0.5, 0.6) is 0 Å². The summed E-state index contributed by atoms with van der Waals surface area (Å²) < 4.78 is 0. The minimum Gasteiger partial charge on any atom is -0.352 e. The molecule has 6 unspecified atom stereocenters. The van der Waals surface area contributed by atoms with Crippen molar-refractivity contribution in [2.45, 2.75) is 63.5 Å². The average molecular weight is 262 g/mol. The van der Waals surface area contributed by atoms with Crippen LogP contribution >= 0.6 is 0 Å². The molecule has 4 saturated carbocycles. The molecule has 0 aromatic carbocycles. The van der Waals surface area contributed by atoms with E-state index < -0.39 is 0 Å². The zero-order valence-corrected chi connectivity index (χ0v) is 11.7. The van der Waals surface area contributed by atoms with Crippen molar-refractivity contribution >= 4 is 5.91 Å². The van der Waals surface area contributed by atoms with Gasteiger partial charge in [0, 0.05) is 18.0 Å². The minimum absolute atomic E-state index is 0.182. The third kappa shape index (κ3) is 1.93. The molecule has 1 amide bonds. The summed E-state index contributed by atoms with van der Waals surface area (Å²) in [5.74, 6) is 3.97. The molecule has 4 aliphatic carbocycles. The summed E-state index contributed by atoms with van der Waals surface area (Å²) in [6.07, 6.45) is 10.1. The van der Waals surface area contributed by atoms with Gasteiger partial charge in [-0.1, -0.05) is 19.3 Å². The van der Waals surface area contributed by atoms with Crippen LogP contribution in [0.3, 0.4) is 0 Å². The number of rotatable bonds is 2. The number of amides is 1. The van der Waals surface area contributed by atoms with E-state index in [9.17, 15) is 4.79 Å². The van der Waals surface area contributed by atoms with E-state index in [-0.39, 0.29) is 12.1 Å². The van der Waals surface area contributed by atoms with Gasteiger partial charge < -0.3 is 11.1 Å². The van der Waals surface area contributed by atoms with Crippen LogP contribution in [0.15, 0.2) is 0 Å². The van der Waals surface area contributed by atoms with Crippen LogP contribution in [-0.4, -0.2) is 18.0 Å². The molecule has 4 fully saturated rings. The Morgan fingerprint density at radius 2 is 1.63 bits per heavy atom. The Bertz CT molecular complexity index is 367. The molecule has 0 heterocycles. The molecule has 3 N–H and O–H groups in total. The SMILES string of the molecule is NC1CCCCCC1NC(=O)C1C2C3CCC(C3)C12. The summed E-state index contributed by atoms with van der Waals surface area (Å²) in [4.78, 5) is 12.5. The molecule has 0 aromatic heterocycles. The molecule has 0 radical (unpaired) electrons. The molecule has 3 heteroatoms. The first-order valence-electron chi connectivity index (χ1n) is 8.31. The van der Waals surface area contributed by atoms with Gasteiger partial charge in [-0.25, -0.2) is 0 Å². The van der Waals surface area contributed by atoms with E-state index in [0.29, 0.717) is 11.8 Å². The molecule has 4 rings (SSSR count). The maximum atomic E-state index is 12.5. The molecule has 0 spiro atoms. The second kappa shape index (κ2) is 4.47. The highest BCUT2D eigenvalue weighted by Crippen LogP contribution is 2.69. The third-order valence-electron chi connectivity index (χ3n) is 6.44. The third-order valence-corrected chi connectivity index (χ3v) is 6.44. The first-order chi connectivity index (χ1) is 9.25. The topological polar surface area (TPSA) is 55.1 Å². The van der Waals surface area contributed by atoms with Gasteiger partial charge in [0.25, 0.3) is 0 Å². The van der Waals surface area contributed by atoms with Crippen LogP contribution in [0, 0.1) is 29.6 Å². The largest absolute Gasteiger partial charge is 0.352 e. The molecule has 3 nitrogen and oxygen atoms in total. The summed E-state index contributed by atoms with van der Waals surface area (Å²) in [7, 11) is 0. The highest BCUT2D eigenvalue weighted by atomic mass is 16.2. The number of fused-ring (bicyclic) bond motifs is 5. The zero-order chi connectivity index (χ0) is 13.0. The normalized spacial score (nSPS) is 51.5. The molecule has 19 heavy (non-hydrogen) atoms. The second-order valence-electron chi connectivity index (χ2n) is 7.43. The molecular formula is C16H26N2O. The smallest absolute Gasteiger partial charge is 0.223 e. The summed E-state index contributed by atoms with van der Waals surface area (Å²) in [5, 5.41) is 3.30.